The predicted octanol–water partition coefficient (Wildman–Crippen LogP) is 13.0. The molecule has 11 aromatic rings. The third kappa shape index (κ3) is 5.48. The number of rotatable bonds is 6. The molecule has 0 radical (unpaired) electrons. The number of nitrogens with zero attached hydrogens (tertiary/aromatic N) is 7. The summed E-state index contributed by atoms with van der Waals surface area (Å²) in [5.41, 5.74) is 14.3. The standard InChI is InChI=1S/C53H33N7/c1-2-11-34(12-3-1)45-25-39(36-15-8-22-54-31-36)28-52(57-45)60-48-21-7-14-35-13-6-19-42(53(35)48)44-29-43-41-18-4-5-20-47(41)59(49(43)30-50(44)60)51-27-40(37-16-9-23-55-32-37)26-46(58-51)38-17-10-24-56-33-38/h1-33H. The zero-order chi connectivity index (χ0) is 39.6. The van der Waals surface area contributed by atoms with Crippen LogP contribution in [-0.2, 0) is 0 Å². The van der Waals surface area contributed by atoms with Gasteiger partial charge in [0.25, 0.3) is 0 Å². The maximum absolute atomic E-state index is 5.48. The van der Waals surface area contributed by atoms with Crippen molar-refractivity contribution in [1.29, 1.82) is 0 Å². The third-order valence-electron chi connectivity index (χ3n) is 11.5. The average molecular weight is 768 g/mol. The molecule has 0 saturated heterocycles. The SMILES string of the molecule is c1ccc(-c2cc(-c3cccnc3)cc(N3c4cc5c(cc4-c4cccc6cccc3c46)c3ccccc3n5-c3cc(-c4cccnc4)cc(-c4cccnc4)n3)n2)cc1. The van der Waals surface area contributed by atoms with Crippen LogP contribution in [0.1, 0.15) is 0 Å². The fraction of sp³-hybridized carbons (Fsp3) is 0. The van der Waals surface area contributed by atoms with Gasteiger partial charge >= 0.3 is 0 Å². The number of hydrogen-bond acceptors (Lipinski definition) is 6. The number of pyridine rings is 5. The summed E-state index contributed by atoms with van der Waals surface area (Å²) in [7, 11) is 0. The molecule has 280 valence electrons. The summed E-state index contributed by atoms with van der Waals surface area (Å²) in [5, 5.41) is 4.65. The molecule has 6 aromatic heterocycles. The average Bonchev–Trinajstić information content (AvgIpc) is 3.65. The monoisotopic (exact) mass is 767 g/mol. The Morgan fingerprint density at radius 3 is 1.70 bits per heavy atom. The van der Waals surface area contributed by atoms with Gasteiger partial charge in [-0.3, -0.25) is 24.4 Å². The molecule has 60 heavy (non-hydrogen) atoms. The molecule has 0 bridgehead atoms. The molecule has 1 aliphatic heterocycles. The van der Waals surface area contributed by atoms with Crippen LogP contribution in [-0.4, -0.2) is 29.5 Å². The number of anilines is 3. The number of benzene rings is 5. The molecule has 12 rings (SSSR count). The molecule has 0 unspecified atom stereocenters. The highest BCUT2D eigenvalue weighted by atomic mass is 15.2. The van der Waals surface area contributed by atoms with Crippen molar-refractivity contribution in [2.45, 2.75) is 0 Å². The zero-order valence-corrected chi connectivity index (χ0v) is 32.2. The molecular weight excluding hydrogens is 735 g/mol. The molecule has 0 N–H and O–H groups in total. The first-order chi connectivity index (χ1) is 29.7. The van der Waals surface area contributed by atoms with E-state index in [-0.39, 0.29) is 0 Å². The normalized spacial score (nSPS) is 12.0. The summed E-state index contributed by atoms with van der Waals surface area (Å²) in [5.74, 6) is 1.62. The smallest absolute Gasteiger partial charge is 0.138 e. The molecule has 0 fully saturated rings. The van der Waals surface area contributed by atoms with Crippen molar-refractivity contribution in [2.24, 2.45) is 0 Å². The van der Waals surface area contributed by atoms with Crippen LogP contribution in [0.25, 0.3) is 94.3 Å². The maximum Gasteiger partial charge on any atom is 0.138 e. The van der Waals surface area contributed by atoms with Crippen molar-refractivity contribution in [3.8, 4) is 61.7 Å². The van der Waals surface area contributed by atoms with Gasteiger partial charge in [0, 0.05) is 81.2 Å². The molecule has 0 amide bonds. The van der Waals surface area contributed by atoms with Gasteiger partial charge in [0.1, 0.15) is 11.6 Å². The summed E-state index contributed by atoms with van der Waals surface area (Å²) in [6.07, 6.45) is 11.1. The van der Waals surface area contributed by atoms with Gasteiger partial charge in [-0.2, -0.15) is 0 Å². The Balaban J connectivity index is 1.17. The van der Waals surface area contributed by atoms with Gasteiger partial charge in [-0.05, 0) is 94.9 Å². The third-order valence-corrected chi connectivity index (χ3v) is 11.5. The van der Waals surface area contributed by atoms with Crippen molar-refractivity contribution in [1.82, 2.24) is 29.5 Å². The number of para-hydroxylation sites is 1. The van der Waals surface area contributed by atoms with Crippen molar-refractivity contribution >= 4 is 49.8 Å². The van der Waals surface area contributed by atoms with Crippen molar-refractivity contribution in [3.63, 3.8) is 0 Å². The Kier molecular flexibility index (Phi) is 7.71. The van der Waals surface area contributed by atoms with Crippen LogP contribution in [0.2, 0.25) is 0 Å². The lowest BCUT2D eigenvalue weighted by Gasteiger charge is -2.33. The van der Waals surface area contributed by atoms with Crippen molar-refractivity contribution in [3.05, 3.63) is 201 Å². The Bertz CT molecular complexity index is 3300. The molecule has 7 nitrogen and oxygen atoms in total. The molecule has 0 spiro atoms. The highest BCUT2D eigenvalue weighted by molar-refractivity contribution is 6.19. The minimum Gasteiger partial charge on any atom is -0.294 e. The van der Waals surface area contributed by atoms with E-state index in [0.29, 0.717) is 0 Å². The Labute approximate surface area is 345 Å². The lowest BCUT2D eigenvalue weighted by atomic mass is 9.90. The minimum atomic E-state index is 0.800. The minimum absolute atomic E-state index is 0.800. The first kappa shape index (κ1) is 33.8. The summed E-state index contributed by atoms with van der Waals surface area (Å²) in [6.45, 7) is 0. The maximum atomic E-state index is 5.48. The fourth-order valence-electron chi connectivity index (χ4n) is 8.84. The topological polar surface area (TPSA) is 72.6 Å². The van der Waals surface area contributed by atoms with E-state index in [4.69, 9.17) is 9.97 Å². The highest BCUT2D eigenvalue weighted by Gasteiger charge is 2.30. The van der Waals surface area contributed by atoms with Crippen LogP contribution in [0, 0.1) is 0 Å². The van der Waals surface area contributed by atoms with Crippen LogP contribution in [0.15, 0.2) is 201 Å². The molecule has 0 saturated carbocycles. The highest BCUT2D eigenvalue weighted by Crippen LogP contribution is 2.53. The predicted molar refractivity (Wildman–Crippen MR) is 243 cm³/mol. The Morgan fingerprint density at radius 1 is 0.367 bits per heavy atom. The van der Waals surface area contributed by atoms with Crippen molar-refractivity contribution in [2.75, 3.05) is 4.90 Å². The van der Waals surface area contributed by atoms with E-state index < -0.39 is 0 Å². The molecule has 0 aliphatic carbocycles. The molecule has 0 atom stereocenters. The van der Waals surface area contributed by atoms with E-state index in [0.717, 1.165) is 95.1 Å². The lowest BCUT2D eigenvalue weighted by molar-refractivity contribution is 1.08. The summed E-state index contributed by atoms with van der Waals surface area (Å²) < 4.78 is 2.30. The first-order valence-electron chi connectivity index (χ1n) is 20.0. The van der Waals surface area contributed by atoms with E-state index in [2.05, 4.69) is 164 Å². The Morgan fingerprint density at radius 2 is 0.983 bits per heavy atom. The molecule has 7 heteroatoms. The van der Waals surface area contributed by atoms with Crippen molar-refractivity contribution < 1.29 is 0 Å². The van der Waals surface area contributed by atoms with E-state index in [1.54, 1.807) is 12.4 Å². The summed E-state index contributed by atoms with van der Waals surface area (Å²) >= 11 is 0. The quantitative estimate of drug-likeness (QED) is 0.168. The summed E-state index contributed by atoms with van der Waals surface area (Å²) in [6, 6.07) is 57.7. The molecule has 7 heterocycles. The van der Waals surface area contributed by atoms with E-state index in [9.17, 15) is 0 Å². The second kappa shape index (κ2) is 13.7. The first-order valence-corrected chi connectivity index (χ1v) is 20.0. The largest absolute Gasteiger partial charge is 0.294 e. The van der Waals surface area contributed by atoms with Gasteiger partial charge in [0.05, 0.1) is 33.8 Å². The molecule has 1 aliphatic rings. The van der Waals surface area contributed by atoms with E-state index in [1.807, 2.05) is 49.1 Å². The van der Waals surface area contributed by atoms with Crippen LogP contribution in [0.4, 0.5) is 17.2 Å². The second-order valence-electron chi connectivity index (χ2n) is 15.0. The fourth-order valence-corrected chi connectivity index (χ4v) is 8.84. The van der Waals surface area contributed by atoms with E-state index in [1.165, 1.54) is 16.3 Å². The number of hydrogen-bond donors (Lipinski definition) is 0. The van der Waals surface area contributed by atoms with Gasteiger partial charge in [-0.1, -0.05) is 91.0 Å². The van der Waals surface area contributed by atoms with Gasteiger partial charge < -0.3 is 0 Å². The zero-order valence-electron chi connectivity index (χ0n) is 32.2. The van der Waals surface area contributed by atoms with Gasteiger partial charge in [-0.25, -0.2) is 9.97 Å². The number of fused-ring (bicyclic) bond motifs is 5. The van der Waals surface area contributed by atoms with Gasteiger partial charge in [0.15, 0.2) is 0 Å². The summed E-state index contributed by atoms with van der Waals surface area (Å²) in [4.78, 5) is 26.6. The van der Waals surface area contributed by atoms with Crippen LogP contribution in [0.5, 0.6) is 0 Å². The van der Waals surface area contributed by atoms with Crippen LogP contribution < -0.4 is 4.90 Å². The van der Waals surface area contributed by atoms with Crippen LogP contribution in [0.3, 0.4) is 0 Å². The van der Waals surface area contributed by atoms with Crippen LogP contribution >= 0.6 is 0 Å². The van der Waals surface area contributed by atoms with Gasteiger partial charge in [-0.15, -0.1) is 0 Å². The molecular formula is C53H33N7. The Hall–Kier alpha value is -8.29. The number of aromatic nitrogens is 6. The second-order valence-corrected chi connectivity index (χ2v) is 15.0. The van der Waals surface area contributed by atoms with E-state index >= 15 is 0 Å². The van der Waals surface area contributed by atoms with Gasteiger partial charge in [0.2, 0.25) is 0 Å². The molecule has 5 aromatic carbocycles. The lowest BCUT2D eigenvalue weighted by Crippen LogP contribution is -2.17.